The lowest BCUT2D eigenvalue weighted by Gasteiger charge is -2.17. The normalized spacial score (nSPS) is 13.3. The van der Waals surface area contributed by atoms with Crippen molar-refractivity contribution in [2.45, 2.75) is 45.1 Å². The molecule has 1 aromatic rings. The summed E-state index contributed by atoms with van der Waals surface area (Å²) in [5.41, 5.74) is -0.377. The Bertz CT molecular complexity index is 412. The van der Waals surface area contributed by atoms with E-state index in [0.29, 0.717) is 12.3 Å². The summed E-state index contributed by atoms with van der Waals surface area (Å²) < 4.78 is 5.16. The number of nitrogens with zero attached hydrogens (tertiary/aromatic N) is 1. The molecule has 0 amide bonds. The molecule has 0 saturated carbocycles. The summed E-state index contributed by atoms with van der Waals surface area (Å²) in [6.45, 7) is 6.05. The summed E-state index contributed by atoms with van der Waals surface area (Å²) in [5.74, 6) is -0.869. The van der Waals surface area contributed by atoms with E-state index in [1.54, 1.807) is 26.3 Å². The molecule has 1 heterocycles. The van der Waals surface area contributed by atoms with Gasteiger partial charge in [-0.05, 0) is 20.3 Å². The van der Waals surface area contributed by atoms with Gasteiger partial charge in [0, 0.05) is 12.5 Å². The molecule has 0 aliphatic carbocycles. The van der Waals surface area contributed by atoms with Gasteiger partial charge in [-0.1, -0.05) is 13.3 Å². The van der Waals surface area contributed by atoms with Crippen LogP contribution >= 0.6 is 11.3 Å². The van der Waals surface area contributed by atoms with E-state index in [-0.39, 0.29) is 6.04 Å². The lowest BCUT2D eigenvalue weighted by atomic mass is 9.90. The molecule has 6 heteroatoms. The van der Waals surface area contributed by atoms with Gasteiger partial charge in [-0.3, -0.25) is 4.79 Å². The van der Waals surface area contributed by atoms with Gasteiger partial charge in [-0.2, -0.15) is 0 Å². The van der Waals surface area contributed by atoms with Gasteiger partial charge in [-0.25, -0.2) is 4.98 Å². The lowest BCUT2D eigenvalue weighted by Crippen LogP contribution is -2.29. The Morgan fingerprint density at radius 3 is 2.84 bits per heavy atom. The third kappa shape index (κ3) is 4.18. The second-order valence-electron chi connectivity index (χ2n) is 5.05. The Morgan fingerprint density at radius 2 is 2.32 bits per heavy atom. The monoisotopic (exact) mass is 286 g/mol. The highest BCUT2D eigenvalue weighted by Crippen LogP contribution is 2.27. The predicted octanol–water partition coefficient (Wildman–Crippen LogP) is 2.73. The molecule has 0 saturated heterocycles. The van der Waals surface area contributed by atoms with E-state index < -0.39 is 11.4 Å². The minimum Gasteiger partial charge on any atom is -0.481 e. The number of carboxylic acids is 1. The summed E-state index contributed by atoms with van der Waals surface area (Å²) in [4.78, 5) is 15.6. The number of anilines is 1. The summed E-state index contributed by atoms with van der Waals surface area (Å²) in [6.07, 6.45) is 2.05. The summed E-state index contributed by atoms with van der Waals surface area (Å²) in [6, 6.07) is 0.210. The fourth-order valence-corrected chi connectivity index (χ4v) is 2.61. The van der Waals surface area contributed by atoms with Crippen molar-refractivity contribution in [3.05, 3.63) is 11.1 Å². The van der Waals surface area contributed by atoms with Crippen LogP contribution in [0.2, 0.25) is 0 Å². The van der Waals surface area contributed by atoms with E-state index in [4.69, 9.17) is 4.74 Å². The zero-order chi connectivity index (χ0) is 14.5. The number of carbonyl (C=O) groups is 1. The van der Waals surface area contributed by atoms with Crippen molar-refractivity contribution >= 4 is 22.4 Å². The van der Waals surface area contributed by atoms with Crippen LogP contribution in [0.3, 0.4) is 0 Å². The van der Waals surface area contributed by atoms with Crippen molar-refractivity contribution < 1.29 is 14.6 Å². The number of aromatic nitrogens is 1. The van der Waals surface area contributed by atoms with E-state index >= 15 is 0 Å². The molecule has 1 aromatic heterocycles. The SMILES string of the molecule is CCCC(COC)Nc1nc(C(C)(C)C(=O)O)cs1. The summed E-state index contributed by atoms with van der Waals surface area (Å²) >= 11 is 1.43. The molecule has 1 atom stereocenters. The fraction of sp³-hybridized carbons (Fsp3) is 0.692. The van der Waals surface area contributed by atoms with Crippen molar-refractivity contribution in [3.63, 3.8) is 0 Å². The lowest BCUT2D eigenvalue weighted by molar-refractivity contribution is -0.142. The third-order valence-electron chi connectivity index (χ3n) is 3.01. The number of aliphatic carboxylic acids is 1. The molecule has 1 unspecified atom stereocenters. The van der Waals surface area contributed by atoms with E-state index in [1.807, 2.05) is 0 Å². The Hall–Kier alpha value is -1.14. The van der Waals surface area contributed by atoms with Gasteiger partial charge >= 0.3 is 5.97 Å². The zero-order valence-corrected chi connectivity index (χ0v) is 12.7. The van der Waals surface area contributed by atoms with Crippen LogP contribution in [0.5, 0.6) is 0 Å². The highest BCUT2D eigenvalue weighted by Gasteiger charge is 2.32. The largest absolute Gasteiger partial charge is 0.481 e. The van der Waals surface area contributed by atoms with Gasteiger partial charge in [0.1, 0.15) is 5.41 Å². The maximum absolute atomic E-state index is 11.2. The minimum absolute atomic E-state index is 0.210. The molecule has 0 spiro atoms. The molecule has 1 rings (SSSR count). The van der Waals surface area contributed by atoms with E-state index in [0.717, 1.165) is 18.0 Å². The molecule has 19 heavy (non-hydrogen) atoms. The predicted molar refractivity (Wildman–Crippen MR) is 77.0 cm³/mol. The number of hydrogen-bond donors (Lipinski definition) is 2. The van der Waals surface area contributed by atoms with E-state index in [9.17, 15) is 9.90 Å². The Balaban J connectivity index is 2.76. The maximum atomic E-state index is 11.2. The highest BCUT2D eigenvalue weighted by molar-refractivity contribution is 7.13. The zero-order valence-electron chi connectivity index (χ0n) is 11.9. The first-order valence-corrected chi connectivity index (χ1v) is 7.24. The van der Waals surface area contributed by atoms with Crippen LogP contribution < -0.4 is 5.32 Å². The molecule has 0 fully saturated rings. The van der Waals surface area contributed by atoms with Gasteiger partial charge in [0.25, 0.3) is 0 Å². The number of hydrogen-bond acceptors (Lipinski definition) is 5. The molecular formula is C13H22N2O3S. The van der Waals surface area contributed by atoms with Crippen LogP contribution in [0.25, 0.3) is 0 Å². The number of carboxylic acid groups (broad SMARTS) is 1. The first kappa shape index (κ1) is 15.9. The van der Waals surface area contributed by atoms with Crippen molar-refractivity contribution in [2.24, 2.45) is 0 Å². The molecule has 0 radical (unpaired) electrons. The standard InChI is InChI=1S/C13H22N2O3S/c1-5-6-9(7-18-4)14-12-15-10(8-19-12)13(2,3)11(16)17/h8-9H,5-7H2,1-4H3,(H,14,15)(H,16,17). The molecule has 0 bridgehead atoms. The van der Waals surface area contributed by atoms with Crippen LogP contribution in [0.1, 0.15) is 39.3 Å². The van der Waals surface area contributed by atoms with E-state index in [1.165, 1.54) is 11.3 Å². The first-order chi connectivity index (χ1) is 8.91. The van der Waals surface area contributed by atoms with Crippen LogP contribution in [-0.4, -0.2) is 35.8 Å². The number of nitrogens with one attached hydrogen (secondary N) is 1. The van der Waals surface area contributed by atoms with Crippen molar-refractivity contribution in [3.8, 4) is 0 Å². The molecule has 0 aromatic carbocycles. The third-order valence-corrected chi connectivity index (χ3v) is 3.79. The summed E-state index contributed by atoms with van der Waals surface area (Å²) in [7, 11) is 1.67. The van der Waals surface area contributed by atoms with Gasteiger partial charge in [0.15, 0.2) is 5.13 Å². The molecule has 2 N–H and O–H groups in total. The number of methoxy groups -OCH3 is 1. The van der Waals surface area contributed by atoms with Crippen molar-refractivity contribution in [2.75, 3.05) is 19.0 Å². The maximum Gasteiger partial charge on any atom is 0.315 e. The van der Waals surface area contributed by atoms with Gasteiger partial charge < -0.3 is 15.2 Å². The van der Waals surface area contributed by atoms with E-state index in [2.05, 4.69) is 17.2 Å². The highest BCUT2D eigenvalue weighted by atomic mass is 32.1. The van der Waals surface area contributed by atoms with Gasteiger partial charge in [-0.15, -0.1) is 11.3 Å². The smallest absolute Gasteiger partial charge is 0.315 e. The number of thiazole rings is 1. The Morgan fingerprint density at radius 1 is 1.63 bits per heavy atom. The first-order valence-electron chi connectivity index (χ1n) is 6.36. The second-order valence-corrected chi connectivity index (χ2v) is 5.91. The molecule has 108 valence electrons. The van der Waals surface area contributed by atoms with Crippen LogP contribution in [-0.2, 0) is 14.9 Å². The molecular weight excluding hydrogens is 264 g/mol. The van der Waals surface area contributed by atoms with Crippen LogP contribution in [0.4, 0.5) is 5.13 Å². The molecule has 5 nitrogen and oxygen atoms in total. The minimum atomic E-state index is -0.960. The topological polar surface area (TPSA) is 71.5 Å². The molecule has 0 aliphatic heterocycles. The van der Waals surface area contributed by atoms with Crippen LogP contribution in [0, 0.1) is 0 Å². The number of rotatable bonds is 8. The van der Waals surface area contributed by atoms with Crippen molar-refractivity contribution in [1.29, 1.82) is 0 Å². The van der Waals surface area contributed by atoms with Gasteiger partial charge in [0.05, 0.1) is 18.3 Å². The average molecular weight is 286 g/mol. The van der Waals surface area contributed by atoms with Gasteiger partial charge in [0.2, 0.25) is 0 Å². The number of ether oxygens (including phenoxy) is 1. The Labute approximate surface area is 118 Å². The Kier molecular flexibility index (Phi) is 5.75. The summed E-state index contributed by atoms with van der Waals surface area (Å²) in [5, 5.41) is 15.0. The van der Waals surface area contributed by atoms with Crippen molar-refractivity contribution in [1.82, 2.24) is 4.98 Å². The fourth-order valence-electron chi connectivity index (χ4n) is 1.66. The van der Waals surface area contributed by atoms with Crippen LogP contribution in [0.15, 0.2) is 5.38 Å². The molecule has 0 aliphatic rings. The second kappa shape index (κ2) is 6.86. The average Bonchev–Trinajstić information content (AvgIpc) is 2.78. The quantitative estimate of drug-likeness (QED) is 0.769.